The lowest BCUT2D eigenvalue weighted by molar-refractivity contribution is -0.128. The van der Waals surface area contributed by atoms with Gasteiger partial charge < -0.3 is 16.4 Å². The molecule has 2 amide bonds. The van der Waals surface area contributed by atoms with Gasteiger partial charge in [0.1, 0.15) is 6.04 Å². The van der Waals surface area contributed by atoms with E-state index in [0.717, 1.165) is 12.2 Å². The van der Waals surface area contributed by atoms with Crippen LogP contribution in [0.3, 0.4) is 0 Å². The quantitative estimate of drug-likeness (QED) is 0.709. The Labute approximate surface area is 118 Å². The van der Waals surface area contributed by atoms with Crippen molar-refractivity contribution < 1.29 is 9.59 Å². The number of hydrogen-bond acceptors (Lipinski definition) is 4. The maximum atomic E-state index is 12.3. The highest BCUT2D eigenvalue weighted by atomic mass is 16.2. The molecule has 4 N–H and O–H groups in total. The maximum absolute atomic E-state index is 12.3. The summed E-state index contributed by atoms with van der Waals surface area (Å²) in [6.45, 7) is 3.64. The fourth-order valence-electron chi connectivity index (χ4n) is 2.37. The van der Waals surface area contributed by atoms with Gasteiger partial charge in [0.05, 0.1) is 6.04 Å². The van der Waals surface area contributed by atoms with Crippen LogP contribution in [-0.4, -0.2) is 48.4 Å². The number of amides is 2. The highest BCUT2D eigenvalue weighted by Crippen LogP contribution is 2.12. The van der Waals surface area contributed by atoms with Crippen LogP contribution in [0.15, 0.2) is 30.3 Å². The summed E-state index contributed by atoms with van der Waals surface area (Å²) in [5.74, 6) is -0.541. The van der Waals surface area contributed by atoms with E-state index < -0.39 is 18.0 Å². The number of para-hydroxylation sites is 1. The number of anilines is 1. The lowest BCUT2D eigenvalue weighted by atomic mass is 10.1. The molecule has 20 heavy (non-hydrogen) atoms. The summed E-state index contributed by atoms with van der Waals surface area (Å²) in [5.41, 5.74) is 6.14. The van der Waals surface area contributed by atoms with Crippen molar-refractivity contribution in [2.24, 2.45) is 5.73 Å². The highest BCUT2D eigenvalue weighted by molar-refractivity contribution is 5.95. The number of nitrogens with one attached hydrogen (secondary N) is 2. The topological polar surface area (TPSA) is 87.5 Å². The van der Waals surface area contributed by atoms with E-state index in [1.54, 1.807) is 6.92 Å². The molecule has 0 bridgehead atoms. The van der Waals surface area contributed by atoms with Crippen molar-refractivity contribution in [1.82, 2.24) is 10.2 Å². The lowest BCUT2D eigenvalue weighted by Gasteiger charge is -2.37. The average Bonchev–Trinajstić information content (AvgIpc) is 2.47. The summed E-state index contributed by atoms with van der Waals surface area (Å²) in [5, 5.41) is 5.96. The van der Waals surface area contributed by atoms with Gasteiger partial charge in [0.25, 0.3) is 0 Å². The summed E-state index contributed by atoms with van der Waals surface area (Å²) in [6.07, 6.45) is 0. The second-order valence-electron chi connectivity index (χ2n) is 4.89. The number of primary amides is 1. The van der Waals surface area contributed by atoms with Gasteiger partial charge in [-0.05, 0) is 19.1 Å². The van der Waals surface area contributed by atoms with E-state index in [0.29, 0.717) is 13.1 Å². The number of rotatable bonds is 4. The van der Waals surface area contributed by atoms with Crippen molar-refractivity contribution >= 4 is 17.5 Å². The van der Waals surface area contributed by atoms with E-state index in [2.05, 4.69) is 10.6 Å². The van der Waals surface area contributed by atoms with E-state index in [1.165, 1.54) is 0 Å². The van der Waals surface area contributed by atoms with Crippen LogP contribution in [0.4, 0.5) is 5.69 Å². The average molecular weight is 276 g/mol. The Morgan fingerprint density at radius 2 is 2.10 bits per heavy atom. The Morgan fingerprint density at radius 3 is 2.75 bits per heavy atom. The minimum absolute atomic E-state index is 0.135. The summed E-state index contributed by atoms with van der Waals surface area (Å²) < 4.78 is 0. The molecule has 1 saturated heterocycles. The van der Waals surface area contributed by atoms with Crippen LogP contribution in [0.2, 0.25) is 0 Å². The zero-order valence-electron chi connectivity index (χ0n) is 11.5. The van der Waals surface area contributed by atoms with Crippen LogP contribution in [0.25, 0.3) is 0 Å². The summed E-state index contributed by atoms with van der Waals surface area (Å²) in [7, 11) is 0. The Morgan fingerprint density at radius 1 is 1.40 bits per heavy atom. The second-order valence-corrected chi connectivity index (χ2v) is 4.89. The molecule has 1 aliphatic heterocycles. The van der Waals surface area contributed by atoms with Crippen molar-refractivity contribution in [3.8, 4) is 0 Å². The molecule has 1 heterocycles. The van der Waals surface area contributed by atoms with Gasteiger partial charge in [-0.15, -0.1) is 0 Å². The normalized spacial score (nSPS) is 21.1. The first kappa shape index (κ1) is 14.5. The second kappa shape index (κ2) is 6.49. The van der Waals surface area contributed by atoms with Gasteiger partial charge >= 0.3 is 0 Å². The van der Waals surface area contributed by atoms with Crippen LogP contribution in [-0.2, 0) is 9.59 Å². The smallest absolute Gasteiger partial charge is 0.241 e. The summed E-state index contributed by atoms with van der Waals surface area (Å²) >= 11 is 0. The molecule has 0 spiro atoms. The zero-order chi connectivity index (χ0) is 14.5. The fourth-order valence-corrected chi connectivity index (χ4v) is 2.37. The molecular formula is C14H20N4O2. The first-order valence-corrected chi connectivity index (χ1v) is 6.71. The Balaban J connectivity index is 2.03. The molecule has 2 atom stereocenters. The van der Waals surface area contributed by atoms with E-state index in [1.807, 2.05) is 35.2 Å². The molecule has 1 aliphatic rings. The van der Waals surface area contributed by atoms with Gasteiger partial charge in [-0.3, -0.25) is 14.5 Å². The maximum Gasteiger partial charge on any atom is 0.241 e. The molecule has 1 aromatic rings. The van der Waals surface area contributed by atoms with Gasteiger partial charge in [-0.25, -0.2) is 0 Å². The third kappa shape index (κ3) is 3.34. The van der Waals surface area contributed by atoms with Crippen molar-refractivity contribution in [2.75, 3.05) is 25.0 Å². The van der Waals surface area contributed by atoms with Crippen molar-refractivity contribution in [3.63, 3.8) is 0 Å². The molecule has 6 heteroatoms. The zero-order valence-corrected chi connectivity index (χ0v) is 11.5. The van der Waals surface area contributed by atoms with Gasteiger partial charge in [-0.2, -0.15) is 0 Å². The number of hydrogen-bond donors (Lipinski definition) is 3. The predicted molar refractivity (Wildman–Crippen MR) is 77.1 cm³/mol. The Kier molecular flexibility index (Phi) is 4.70. The molecule has 0 aliphatic carbocycles. The van der Waals surface area contributed by atoms with Crippen molar-refractivity contribution in [2.45, 2.75) is 19.0 Å². The third-order valence-electron chi connectivity index (χ3n) is 3.53. The van der Waals surface area contributed by atoms with Gasteiger partial charge in [0.15, 0.2) is 0 Å². The first-order valence-electron chi connectivity index (χ1n) is 6.71. The molecule has 1 fully saturated rings. The SMILES string of the molecule is CC(C(=O)Nc1ccccc1)N1CCNCC1C(N)=O. The Bertz CT molecular complexity index is 477. The number of carbonyl (C=O) groups excluding carboxylic acids is 2. The molecule has 2 unspecified atom stereocenters. The molecule has 0 aromatic heterocycles. The Hall–Kier alpha value is -1.92. The highest BCUT2D eigenvalue weighted by Gasteiger charge is 2.33. The minimum Gasteiger partial charge on any atom is -0.368 e. The van der Waals surface area contributed by atoms with Crippen molar-refractivity contribution in [3.05, 3.63) is 30.3 Å². The van der Waals surface area contributed by atoms with Crippen LogP contribution < -0.4 is 16.4 Å². The van der Waals surface area contributed by atoms with E-state index in [4.69, 9.17) is 5.73 Å². The molecule has 0 saturated carbocycles. The third-order valence-corrected chi connectivity index (χ3v) is 3.53. The molecule has 1 aromatic carbocycles. The van der Waals surface area contributed by atoms with Gasteiger partial charge in [0, 0.05) is 25.3 Å². The van der Waals surface area contributed by atoms with Crippen LogP contribution in [0.5, 0.6) is 0 Å². The predicted octanol–water partition coefficient (Wildman–Crippen LogP) is -0.227. The molecule has 6 nitrogen and oxygen atoms in total. The molecular weight excluding hydrogens is 256 g/mol. The molecule has 2 rings (SSSR count). The van der Waals surface area contributed by atoms with Crippen LogP contribution >= 0.6 is 0 Å². The monoisotopic (exact) mass is 276 g/mol. The van der Waals surface area contributed by atoms with Crippen LogP contribution in [0.1, 0.15) is 6.92 Å². The largest absolute Gasteiger partial charge is 0.368 e. The fraction of sp³-hybridized carbons (Fsp3) is 0.429. The van der Waals surface area contributed by atoms with E-state index in [9.17, 15) is 9.59 Å². The number of nitrogens with two attached hydrogens (primary N) is 1. The molecule has 108 valence electrons. The van der Waals surface area contributed by atoms with Gasteiger partial charge in [0.2, 0.25) is 11.8 Å². The van der Waals surface area contributed by atoms with Gasteiger partial charge in [-0.1, -0.05) is 18.2 Å². The van der Waals surface area contributed by atoms with E-state index in [-0.39, 0.29) is 5.91 Å². The first-order chi connectivity index (χ1) is 9.59. The number of benzene rings is 1. The summed E-state index contributed by atoms with van der Waals surface area (Å²) in [6, 6.07) is 8.41. The van der Waals surface area contributed by atoms with Crippen molar-refractivity contribution in [1.29, 1.82) is 0 Å². The van der Waals surface area contributed by atoms with E-state index >= 15 is 0 Å². The standard InChI is InChI=1S/C14H20N4O2/c1-10(14(20)17-11-5-3-2-4-6-11)18-8-7-16-9-12(18)13(15)19/h2-6,10,12,16H,7-9H2,1H3,(H2,15,19)(H,17,20). The van der Waals surface area contributed by atoms with Crippen LogP contribution in [0, 0.1) is 0 Å². The number of piperazine rings is 1. The number of carbonyl (C=O) groups is 2. The molecule has 0 radical (unpaired) electrons. The number of nitrogens with zero attached hydrogens (tertiary/aromatic N) is 1. The lowest BCUT2D eigenvalue weighted by Crippen LogP contribution is -2.61. The minimum atomic E-state index is -0.444. The summed E-state index contributed by atoms with van der Waals surface area (Å²) in [4.78, 5) is 25.6.